The molecule has 0 amide bonds. The Hall–Kier alpha value is -1.45. The van der Waals surface area contributed by atoms with Crippen LogP contribution in [0.25, 0.3) is 0 Å². The zero-order valence-corrected chi connectivity index (χ0v) is 20.0. The fourth-order valence-corrected chi connectivity index (χ4v) is 7.37. The third-order valence-corrected chi connectivity index (χ3v) is 8.83. The van der Waals surface area contributed by atoms with Crippen molar-refractivity contribution >= 4 is 38.9 Å². The fourth-order valence-electron chi connectivity index (χ4n) is 3.70. The van der Waals surface area contributed by atoms with Crippen LogP contribution in [-0.2, 0) is 34.3 Å². The largest absolute Gasteiger partial charge is 0.465 e. The zero-order chi connectivity index (χ0) is 22.1. The number of rotatable bonds is 7. The molecule has 0 atom stereocenters. The first-order chi connectivity index (χ1) is 14.1. The van der Waals surface area contributed by atoms with Gasteiger partial charge in [0.2, 0.25) is 0 Å². The van der Waals surface area contributed by atoms with Crippen molar-refractivity contribution in [3.8, 4) is 0 Å². The number of esters is 1. The van der Waals surface area contributed by atoms with Gasteiger partial charge in [-0.1, -0.05) is 37.6 Å². The molecule has 0 aliphatic carbocycles. The lowest BCUT2D eigenvalue weighted by Gasteiger charge is -2.27. The number of sulfonamides is 1. The summed E-state index contributed by atoms with van der Waals surface area (Å²) in [6.07, 6.45) is 0.597. The van der Waals surface area contributed by atoms with Gasteiger partial charge in [-0.15, -0.1) is 11.3 Å². The molecule has 0 radical (unpaired) electrons. The second-order valence-corrected chi connectivity index (χ2v) is 11.7. The standard InChI is InChI=1S/C21H27ClN2O4S2/c1-14(2)11-23(3)30(26,27)21-19(20(25)28-4)17-8-9-24(13-18(17)29-21)12-15-6-5-7-16(22)10-15/h5-7,10,14H,8-9,11-13H2,1-4H3. The van der Waals surface area contributed by atoms with E-state index in [-0.39, 0.29) is 15.7 Å². The molecule has 0 fully saturated rings. The molecule has 1 aliphatic heterocycles. The molecule has 9 heteroatoms. The normalized spacial score (nSPS) is 14.9. The van der Waals surface area contributed by atoms with Gasteiger partial charge in [-0.2, -0.15) is 4.31 Å². The van der Waals surface area contributed by atoms with E-state index in [1.54, 1.807) is 7.05 Å². The maximum Gasteiger partial charge on any atom is 0.340 e. The fraction of sp³-hybridized carbons (Fsp3) is 0.476. The molecule has 0 bridgehead atoms. The smallest absolute Gasteiger partial charge is 0.340 e. The quantitative estimate of drug-likeness (QED) is 0.571. The van der Waals surface area contributed by atoms with Crippen LogP contribution >= 0.6 is 22.9 Å². The molecule has 6 nitrogen and oxygen atoms in total. The van der Waals surface area contributed by atoms with E-state index in [2.05, 4.69) is 4.90 Å². The Morgan fingerprint density at radius 1 is 1.37 bits per heavy atom. The number of methoxy groups -OCH3 is 1. The molecule has 2 aromatic rings. The lowest BCUT2D eigenvalue weighted by molar-refractivity contribution is 0.0595. The van der Waals surface area contributed by atoms with Gasteiger partial charge in [0.1, 0.15) is 4.21 Å². The van der Waals surface area contributed by atoms with Crippen molar-refractivity contribution < 1.29 is 17.9 Å². The number of carbonyl (C=O) groups is 1. The molecule has 0 spiro atoms. The minimum atomic E-state index is -3.78. The van der Waals surface area contributed by atoms with E-state index in [0.717, 1.165) is 22.5 Å². The number of carbonyl (C=O) groups excluding carboxylic acids is 1. The van der Waals surface area contributed by atoms with Crippen LogP contribution in [0, 0.1) is 5.92 Å². The third kappa shape index (κ3) is 4.89. The number of halogens is 1. The Morgan fingerprint density at radius 2 is 2.10 bits per heavy atom. The van der Waals surface area contributed by atoms with Gasteiger partial charge >= 0.3 is 5.97 Å². The summed E-state index contributed by atoms with van der Waals surface area (Å²) in [5.41, 5.74) is 2.10. The van der Waals surface area contributed by atoms with Gasteiger partial charge in [0.15, 0.2) is 0 Å². The predicted octanol–water partition coefficient (Wildman–Crippen LogP) is 4.02. The second kappa shape index (κ2) is 9.36. The van der Waals surface area contributed by atoms with Crippen LogP contribution in [0.3, 0.4) is 0 Å². The first kappa shape index (κ1) is 23.2. The van der Waals surface area contributed by atoms with E-state index in [4.69, 9.17) is 16.3 Å². The van der Waals surface area contributed by atoms with Crippen LogP contribution in [0.4, 0.5) is 0 Å². The number of nitrogens with zero attached hydrogens (tertiary/aromatic N) is 2. The van der Waals surface area contributed by atoms with Gasteiger partial charge < -0.3 is 4.74 Å². The number of hydrogen-bond donors (Lipinski definition) is 0. The third-order valence-electron chi connectivity index (χ3n) is 5.06. The van der Waals surface area contributed by atoms with Gasteiger partial charge in [0.25, 0.3) is 10.0 Å². The minimum absolute atomic E-state index is 0.0899. The Morgan fingerprint density at radius 3 is 2.73 bits per heavy atom. The van der Waals surface area contributed by atoms with E-state index >= 15 is 0 Å². The number of benzene rings is 1. The number of fused-ring (bicyclic) bond motifs is 1. The Balaban J connectivity index is 1.94. The van der Waals surface area contributed by atoms with Crippen molar-refractivity contribution in [2.75, 3.05) is 27.2 Å². The summed E-state index contributed by atoms with van der Waals surface area (Å²) >= 11 is 7.28. The van der Waals surface area contributed by atoms with Gasteiger partial charge in [-0.05, 0) is 35.6 Å². The summed E-state index contributed by atoms with van der Waals surface area (Å²) < 4.78 is 32.8. The van der Waals surface area contributed by atoms with E-state index in [1.807, 2.05) is 38.1 Å². The summed E-state index contributed by atoms with van der Waals surface area (Å²) in [7, 11) is -0.938. The topological polar surface area (TPSA) is 66.9 Å². The lowest BCUT2D eigenvalue weighted by atomic mass is 10.0. The molecule has 0 saturated heterocycles. The van der Waals surface area contributed by atoms with Crippen LogP contribution in [0.2, 0.25) is 5.02 Å². The molecule has 3 rings (SSSR count). The van der Waals surface area contributed by atoms with E-state index in [9.17, 15) is 13.2 Å². The highest BCUT2D eigenvalue weighted by molar-refractivity contribution is 7.91. The van der Waals surface area contributed by atoms with Crippen molar-refractivity contribution in [1.29, 1.82) is 0 Å². The van der Waals surface area contributed by atoms with Crippen LogP contribution in [-0.4, -0.2) is 50.8 Å². The van der Waals surface area contributed by atoms with E-state index in [1.165, 1.54) is 22.8 Å². The molecule has 0 N–H and O–H groups in total. The molecule has 0 unspecified atom stereocenters. The molecule has 1 aromatic carbocycles. The SMILES string of the molecule is COC(=O)c1c(S(=O)(=O)N(C)CC(C)C)sc2c1CCN(Cc1cccc(Cl)c1)C2. The van der Waals surface area contributed by atoms with Crippen molar-refractivity contribution in [2.24, 2.45) is 5.92 Å². The van der Waals surface area contributed by atoms with Gasteiger partial charge in [-0.3, -0.25) is 4.90 Å². The predicted molar refractivity (Wildman–Crippen MR) is 120 cm³/mol. The van der Waals surface area contributed by atoms with Gasteiger partial charge in [0, 0.05) is 43.1 Å². The molecule has 0 saturated carbocycles. The van der Waals surface area contributed by atoms with Crippen LogP contribution in [0.1, 0.15) is 40.2 Å². The summed E-state index contributed by atoms with van der Waals surface area (Å²) in [4.78, 5) is 15.7. The summed E-state index contributed by atoms with van der Waals surface area (Å²) in [5.74, 6) is -0.415. The highest BCUT2D eigenvalue weighted by Crippen LogP contribution is 2.38. The first-order valence-corrected chi connectivity index (χ1v) is 12.4. The summed E-state index contributed by atoms with van der Waals surface area (Å²) in [6, 6.07) is 7.71. The lowest BCUT2D eigenvalue weighted by Crippen LogP contribution is -2.31. The molecular formula is C21H27ClN2O4S2. The Labute approximate surface area is 187 Å². The number of hydrogen-bond acceptors (Lipinski definition) is 6. The van der Waals surface area contributed by atoms with Crippen molar-refractivity contribution in [3.63, 3.8) is 0 Å². The average Bonchev–Trinajstić information content (AvgIpc) is 3.06. The molecule has 30 heavy (non-hydrogen) atoms. The number of ether oxygens (including phenoxy) is 1. The highest BCUT2D eigenvalue weighted by Gasteiger charge is 2.36. The molecule has 164 valence electrons. The summed E-state index contributed by atoms with van der Waals surface area (Å²) in [6.45, 7) is 6.31. The van der Waals surface area contributed by atoms with Gasteiger partial charge in [-0.25, -0.2) is 13.2 Å². The molecule has 2 heterocycles. The summed E-state index contributed by atoms with van der Waals surface area (Å²) in [5, 5.41) is 0.691. The average molecular weight is 471 g/mol. The first-order valence-electron chi connectivity index (χ1n) is 9.79. The minimum Gasteiger partial charge on any atom is -0.465 e. The van der Waals surface area contributed by atoms with Crippen molar-refractivity contribution in [1.82, 2.24) is 9.21 Å². The molecular weight excluding hydrogens is 444 g/mol. The van der Waals surface area contributed by atoms with E-state index < -0.39 is 16.0 Å². The zero-order valence-electron chi connectivity index (χ0n) is 17.6. The van der Waals surface area contributed by atoms with Gasteiger partial charge in [0.05, 0.1) is 12.7 Å². The molecule has 1 aromatic heterocycles. The van der Waals surface area contributed by atoms with Crippen LogP contribution in [0.5, 0.6) is 0 Å². The highest BCUT2D eigenvalue weighted by atomic mass is 35.5. The van der Waals surface area contributed by atoms with Crippen molar-refractivity contribution in [2.45, 2.75) is 37.6 Å². The monoisotopic (exact) mass is 470 g/mol. The second-order valence-electron chi connectivity index (χ2n) is 7.93. The number of thiophene rings is 1. The molecule has 1 aliphatic rings. The van der Waals surface area contributed by atoms with E-state index in [0.29, 0.717) is 31.1 Å². The Kier molecular flexibility index (Phi) is 7.24. The van der Waals surface area contributed by atoms with Crippen molar-refractivity contribution in [3.05, 3.63) is 50.9 Å². The van der Waals surface area contributed by atoms with Crippen LogP contribution in [0.15, 0.2) is 28.5 Å². The Bertz CT molecular complexity index is 1030. The maximum atomic E-state index is 13.2. The van der Waals surface area contributed by atoms with Crippen LogP contribution < -0.4 is 0 Å². The maximum absolute atomic E-state index is 13.2.